The first-order valence-electron chi connectivity index (χ1n) is 7.18. The molecule has 0 aliphatic heterocycles. The maximum Gasteiger partial charge on any atom is 0.302 e. The number of hydrogen-bond acceptors (Lipinski definition) is 5. The molecule has 5 nitrogen and oxygen atoms in total. The average molecular weight is 403 g/mol. The van der Waals surface area contributed by atoms with Crippen molar-refractivity contribution in [2.45, 2.75) is 13.3 Å². The second kappa shape index (κ2) is 8.27. The first-order chi connectivity index (χ1) is 11.9. The van der Waals surface area contributed by atoms with Gasteiger partial charge in [0.15, 0.2) is 11.6 Å². The van der Waals surface area contributed by atoms with E-state index in [9.17, 15) is 9.18 Å². The lowest BCUT2D eigenvalue weighted by Gasteiger charge is -2.12. The minimum atomic E-state index is -0.609. The van der Waals surface area contributed by atoms with Crippen LogP contribution in [0.25, 0.3) is 0 Å². The van der Waals surface area contributed by atoms with E-state index in [1.54, 1.807) is 12.1 Å². The third-order valence-corrected chi connectivity index (χ3v) is 3.81. The van der Waals surface area contributed by atoms with Crippen molar-refractivity contribution >= 4 is 21.9 Å². The monoisotopic (exact) mass is 402 g/mol. The molecule has 0 aromatic heterocycles. The topological polar surface area (TPSA) is 83.1 Å². The molecule has 7 heteroatoms. The summed E-state index contributed by atoms with van der Waals surface area (Å²) in [5.74, 6) is -0.944. The number of benzene rings is 2. The van der Waals surface area contributed by atoms with E-state index in [2.05, 4.69) is 15.9 Å². The summed E-state index contributed by atoms with van der Waals surface area (Å²) in [5, 5.41) is 18.0. The Morgan fingerprint density at radius 1 is 1.20 bits per heavy atom. The van der Waals surface area contributed by atoms with Gasteiger partial charge in [0.05, 0.1) is 34.3 Å². The lowest BCUT2D eigenvalue weighted by atomic mass is 10.1. The lowest BCUT2D eigenvalue weighted by Crippen LogP contribution is -2.05. The highest BCUT2D eigenvalue weighted by molar-refractivity contribution is 9.10. The highest BCUT2D eigenvalue weighted by Gasteiger charge is 2.15. The summed E-state index contributed by atoms with van der Waals surface area (Å²) < 4.78 is 25.4. The quantitative estimate of drug-likeness (QED) is 0.698. The standard InChI is InChI=1S/C18H12BrFN2O3/c1-11(23)24-5-4-14-2-3-16(19)18(17(14)20)25-15-7-12(9-21)6-13(8-15)10-22/h2-3,6-8H,4-5H2,1H3. The molecule has 0 amide bonds. The van der Waals surface area contributed by atoms with Crippen molar-refractivity contribution in [2.24, 2.45) is 0 Å². The molecule has 0 spiro atoms. The Hall–Kier alpha value is -2.90. The number of nitrogens with zero attached hydrogens (tertiary/aromatic N) is 2. The minimum absolute atomic E-state index is 0.0514. The smallest absolute Gasteiger partial charge is 0.302 e. The fourth-order valence-electron chi connectivity index (χ4n) is 2.07. The predicted octanol–water partition coefficient (Wildman–Crippen LogP) is 4.23. The average Bonchev–Trinajstić information content (AvgIpc) is 2.59. The number of rotatable bonds is 5. The molecule has 0 saturated heterocycles. The zero-order chi connectivity index (χ0) is 18.4. The number of halogens is 2. The van der Waals surface area contributed by atoms with E-state index < -0.39 is 11.8 Å². The first-order valence-corrected chi connectivity index (χ1v) is 7.97. The molecule has 2 rings (SSSR count). The lowest BCUT2D eigenvalue weighted by molar-refractivity contribution is -0.140. The van der Waals surface area contributed by atoms with Crippen molar-refractivity contribution in [1.29, 1.82) is 10.5 Å². The van der Waals surface area contributed by atoms with Gasteiger partial charge in [0.2, 0.25) is 0 Å². The van der Waals surface area contributed by atoms with Crippen LogP contribution in [0.3, 0.4) is 0 Å². The molecular weight excluding hydrogens is 391 g/mol. The Morgan fingerprint density at radius 3 is 2.40 bits per heavy atom. The summed E-state index contributed by atoms with van der Waals surface area (Å²) in [4.78, 5) is 10.8. The molecule has 0 bridgehead atoms. The second-order valence-electron chi connectivity index (χ2n) is 5.01. The zero-order valence-corrected chi connectivity index (χ0v) is 14.8. The van der Waals surface area contributed by atoms with Crippen LogP contribution in [0.2, 0.25) is 0 Å². The molecule has 0 fully saturated rings. The Morgan fingerprint density at radius 2 is 1.84 bits per heavy atom. The zero-order valence-electron chi connectivity index (χ0n) is 13.2. The van der Waals surface area contributed by atoms with Crippen LogP contribution < -0.4 is 4.74 Å². The largest absolute Gasteiger partial charge is 0.466 e. The van der Waals surface area contributed by atoms with Crippen LogP contribution >= 0.6 is 15.9 Å². The first kappa shape index (κ1) is 18.4. The molecule has 2 aromatic carbocycles. The van der Waals surface area contributed by atoms with E-state index in [0.29, 0.717) is 10.0 Å². The maximum absolute atomic E-state index is 14.7. The SMILES string of the molecule is CC(=O)OCCc1ccc(Br)c(Oc2cc(C#N)cc(C#N)c2)c1F. The van der Waals surface area contributed by atoms with Gasteiger partial charge >= 0.3 is 5.97 Å². The van der Waals surface area contributed by atoms with Gasteiger partial charge < -0.3 is 9.47 Å². The highest BCUT2D eigenvalue weighted by Crippen LogP contribution is 2.35. The molecule has 2 aromatic rings. The Labute approximate surface area is 152 Å². The van der Waals surface area contributed by atoms with Crippen molar-refractivity contribution in [3.63, 3.8) is 0 Å². The summed E-state index contributed by atoms with van der Waals surface area (Å²) >= 11 is 3.22. The summed E-state index contributed by atoms with van der Waals surface area (Å²) in [6.45, 7) is 1.33. The molecule has 126 valence electrons. The number of carbonyl (C=O) groups is 1. The van der Waals surface area contributed by atoms with Crippen LogP contribution in [-0.4, -0.2) is 12.6 Å². The van der Waals surface area contributed by atoms with Gasteiger partial charge in [-0.1, -0.05) is 6.07 Å². The van der Waals surface area contributed by atoms with E-state index >= 15 is 0 Å². The van der Waals surface area contributed by atoms with Gasteiger partial charge in [-0.15, -0.1) is 0 Å². The molecular formula is C18H12BrFN2O3. The van der Waals surface area contributed by atoms with Crippen molar-refractivity contribution in [2.75, 3.05) is 6.61 Å². The molecule has 25 heavy (non-hydrogen) atoms. The van der Waals surface area contributed by atoms with Gasteiger partial charge in [-0.2, -0.15) is 10.5 Å². The van der Waals surface area contributed by atoms with Crippen molar-refractivity contribution < 1.29 is 18.7 Å². The van der Waals surface area contributed by atoms with Crippen molar-refractivity contribution in [3.05, 3.63) is 57.3 Å². The Bertz CT molecular complexity index is 868. The van der Waals surface area contributed by atoms with Crippen molar-refractivity contribution in [1.82, 2.24) is 0 Å². The third kappa shape index (κ3) is 4.79. The summed E-state index contributed by atoms with van der Waals surface area (Å²) in [6, 6.07) is 11.3. The van der Waals surface area contributed by atoms with Crippen LogP contribution in [0.4, 0.5) is 4.39 Å². The highest BCUT2D eigenvalue weighted by atomic mass is 79.9. The number of ether oxygens (including phenoxy) is 2. The molecule has 0 aliphatic rings. The molecule has 0 aliphatic carbocycles. The van der Waals surface area contributed by atoms with E-state index in [4.69, 9.17) is 20.0 Å². The summed E-state index contributed by atoms with van der Waals surface area (Å²) in [5.41, 5.74) is 0.782. The molecule has 0 heterocycles. The van der Waals surface area contributed by atoms with Crippen LogP contribution in [0.1, 0.15) is 23.6 Å². The number of carbonyl (C=O) groups excluding carboxylic acids is 1. The van der Waals surface area contributed by atoms with Crippen LogP contribution in [0.15, 0.2) is 34.8 Å². The predicted molar refractivity (Wildman–Crippen MR) is 90.4 cm³/mol. The fourth-order valence-corrected chi connectivity index (χ4v) is 2.46. The Balaban J connectivity index is 2.32. The second-order valence-corrected chi connectivity index (χ2v) is 5.87. The molecule has 0 unspecified atom stereocenters. The number of hydrogen-bond donors (Lipinski definition) is 0. The van der Waals surface area contributed by atoms with E-state index in [0.717, 1.165) is 0 Å². The molecule has 0 atom stereocenters. The van der Waals surface area contributed by atoms with Gasteiger partial charge in [0, 0.05) is 13.3 Å². The van der Waals surface area contributed by atoms with Gasteiger partial charge in [-0.05, 0) is 45.8 Å². The fraction of sp³-hybridized carbons (Fsp3) is 0.167. The number of esters is 1. The van der Waals surface area contributed by atoms with Crippen molar-refractivity contribution in [3.8, 4) is 23.6 Å². The molecule has 0 saturated carbocycles. The van der Waals surface area contributed by atoms with E-state index in [1.165, 1.54) is 25.1 Å². The van der Waals surface area contributed by atoms with Gasteiger partial charge in [-0.25, -0.2) is 4.39 Å². The van der Waals surface area contributed by atoms with E-state index in [-0.39, 0.29) is 35.7 Å². The van der Waals surface area contributed by atoms with Crippen LogP contribution in [0.5, 0.6) is 11.5 Å². The minimum Gasteiger partial charge on any atom is -0.466 e. The van der Waals surface area contributed by atoms with Crippen LogP contribution in [-0.2, 0) is 16.0 Å². The molecule has 0 N–H and O–H groups in total. The summed E-state index contributed by atoms with van der Waals surface area (Å²) in [6.07, 6.45) is 0.191. The number of nitriles is 2. The third-order valence-electron chi connectivity index (χ3n) is 3.19. The van der Waals surface area contributed by atoms with Gasteiger partial charge in [-0.3, -0.25) is 4.79 Å². The van der Waals surface area contributed by atoms with E-state index in [1.807, 2.05) is 12.1 Å². The van der Waals surface area contributed by atoms with Crippen LogP contribution in [0, 0.1) is 28.5 Å². The van der Waals surface area contributed by atoms with Gasteiger partial charge in [0.25, 0.3) is 0 Å². The normalized spacial score (nSPS) is 9.80. The summed E-state index contributed by atoms with van der Waals surface area (Å²) in [7, 11) is 0. The van der Waals surface area contributed by atoms with Gasteiger partial charge in [0.1, 0.15) is 5.75 Å². The maximum atomic E-state index is 14.7. The molecule has 0 radical (unpaired) electrons. The Kier molecular flexibility index (Phi) is 6.10.